The van der Waals surface area contributed by atoms with Gasteiger partial charge in [0.15, 0.2) is 0 Å². The molecule has 1 saturated heterocycles. The van der Waals surface area contributed by atoms with Crippen molar-refractivity contribution < 1.29 is 14.3 Å². The van der Waals surface area contributed by atoms with Gasteiger partial charge in [-0.25, -0.2) is 0 Å². The lowest BCUT2D eigenvalue weighted by Crippen LogP contribution is -2.36. The highest BCUT2D eigenvalue weighted by molar-refractivity contribution is 5.94. The van der Waals surface area contributed by atoms with Crippen LogP contribution < -0.4 is 15.4 Å². The van der Waals surface area contributed by atoms with Gasteiger partial charge in [0.2, 0.25) is 5.91 Å². The third-order valence-electron chi connectivity index (χ3n) is 3.50. The quantitative estimate of drug-likeness (QED) is 0.774. The Kier molecular flexibility index (Phi) is 3.78. The predicted octanol–water partition coefficient (Wildman–Crippen LogP) is 0.704. The average Bonchev–Trinajstić information content (AvgIpc) is 3.16. The highest BCUT2D eigenvalue weighted by Gasteiger charge is 2.24. The number of aromatic nitrogens is 2. The van der Waals surface area contributed by atoms with Gasteiger partial charge >= 0.3 is 0 Å². The second-order valence-corrected chi connectivity index (χ2v) is 5.08. The van der Waals surface area contributed by atoms with Gasteiger partial charge in [0.05, 0.1) is 18.8 Å². The summed E-state index contributed by atoms with van der Waals surface area (Å²) in [4.78, 5) is 23.3. The second-order valence-electron chi connectivity index (χ2n) is 5.08. The minimum atomic E-state index is -0.275. The number of nitrogens with one attached hydrogen (secondary N) is 3. The molecule has 1 fully saturated rings. The summed E-state index contributed by atoms with van der Waals surface area (Å²) >= 11 is 0. The minimum Gasteiger partial charge on any atom is -0.497 e. The van der Waals surface area contributed by atoms with Crippen molar-refractivity contribution in [3.8, 4) is 17.0 Å². The topological polar surface area (TPSA) is 96.1 Å². The number of rotatable bonds is 4. The molecular weight excluding hydrogens is 284 g/mol. The van der Waals surface area contributed by atoms with E-state index in [4.69, 9.17) is 4.74 Å². The van der Waals surface area contributed by atoms with Gasteiger partial charge < -0.3 is 15.4 Å². The Labute approximate surface area is 127 Å². The molecule has 2 amide bonds. The number of hydrogen-bond acceptors (Lipinski definition) is 4. The molecule has 3 N–H and O–H groups in total. The minimum absolute atomic E-state index is 0.0491. The van der Waals surface area contributed by atoms with E-state index in [0.29, 0.717) is 24.4 Å². The lowest BCUT2D eigenvalue weighted by molar-refractivity contribution is -0.119. The van der Waals surface area contributed by atoms with Crippen molar-refractivity contribution in [2.45, 2.75) is 12.5 Å². The summed E-state index contributed by atoms with van der Waals surface area (Å²) in [6, 6.07) is 8.93. The van der Waals surface area contributed by atoms with Crippen molar-refractivity contribution in [1.29, 1.82) is 0 Å². The van der Waals surface area contributed by atoms with Crippen LogP contribution >= 0.6 is 0 Å². The summed E-state index contributed by atoms with van der Waals surface area (Å²) in [6.07, 6.45) is 0.308. The molecule has 1 aromatic carbocycles. The predicted molar refractivity (Wildman–Crippen MR) is 79.5 cm³/mol. The molecular formula is C15H16N4O3. The molecule has 7 nitrogen and oxygen atoms in total. The van der Waals surface area contributed by atoms with Gasteiger partial charge in [-0.1, -0.05) is 12.1 Å². The largest absolute Gasteiger partial charge is 0.497 e. The van der Waals surface area contributed by atoms with Crippen molar-refractivity contribution in [2.24, 2.45) is 0 Å². The number of ether oxygens (including phenoxy) is 1. The molecule has 114 valence electrons. The van der Waals surface area contributed by atoms with E-state index in [1.807, 2.05) is 24.3 Å². The number of nitrogens with zero attached hydrogens (tertiary/aromatic N) is 1. The van der Waals surface area contributed by atoms with Gasteiger partial charge in [-0.3, -0.25) is 14.7 Å². The maximum Gasteiger partial charge on any atom is 0.269 e. The van der Waals surface area contributed by atoms with E-state index in [9.17, 15) is 9.59 Å². The first-order valence-corrected chi connectivity index (χ1v) is 6.93. The maximum absolute atomic E-state index is 12.1. The van der Waals surface area contributed by atoms with Gasteiger partial charge in [-0.2, -0.15) is 5.10 Å². The van der Waals surface area contributed by atoms with Crippen LogP contribution in [0.3, 0.4) is 0 Å². The van der Waals surface area contributed by atoms with Crippen molar-refractivity contribution >= 4 is 11.8 Å². The van der Waals surface area contributed by atoms with E-state index in [0.717, 1.165) is 11.3 Å². The monoisotopic (exact) mass is 300 g/mol. The zero-order valence-corrected chi connectivity index (χ0v) is 12.1. The van der Waals surface area contributed by atoms with Crippen LogP contribution in [-0.2, 0) is 4.79 Å². The van der Waals surface area contributed by atoms with Crippen LogP contribution in [0.15, 0.2) is 30.3 Å². The molecule has 0 spiro atoms. The molecule has 1 unspecified atom stereocenters. The molecule has 1 aliphatic heterocycles. The average molecular weight is 300 g/mol. The lowest BCUT2D eigenvalue weighted by atomic mass is 10.1. The van der Waals surface area contributed by atoms with Crippen LogP contribution in [0.5, 0.6) is 5.75 Å². The Morgan fingerprint density at radius 1 is 1.41 bits per heavy atom. The Morgan fingerprint density at radius 3 is 3.00 bits per heavy atom. The fourth-order valence-electron chi connectivity index (χ4n) is 2.34. The fraction of sp³-hybridized carbons (Fsp3) is 0.267. The molecule has 0 bridgehead atoms. The SMILES string of the molecule is COc1cccc(-c2cc(C(=O)NC3CNC(=O)C3)[nH]n2)c1. The van der Waals surface area contributed by atoms with E-state index in [1.165, 1.54) is 0 Å². The van der Waals surface area contributed by atoms with E-state index < -0.39 is 0 Å². The summed E-state index contributed by atoms with van der Waals surface area (Å²) in [5.41, 5.74) is 1.87. The molecule has 0 radical (unpaired) electrons. The first-order valence-electron chi connectivity index (χ1n) is 6.93. The van der Waals surface area contributed by atoms with Crippen LogP contribution in [0, 0.1) is 0 Å². The molecule has 2 heterocycles. The Morgan fingerprint density at radius 2 is 2.27 bits per heavy atom. The Hall–Kier alpha value is -2.83. The number of amides is 2. The first-order chi connectivity index (χ1) is 10.7. The summed E-state index contributed by atoms with van der Waals surface area (Å²) in [6.45, 7) is 0.460. The molecule has 7 heteroatoms. The highest BCUT2D eigenvalue weighted by atomic mass is 16.5. The zero-order chi connectivity index (χ0) is 15.5. The van der Waals surface area contributed by atoms with Gasteiger partial charge in [0.1, 0.15) is 11.4 Å². The third kappa shape index (κ3) is 2.93. The van der Waals surface area contributed by atoms with E-state index >= 15 is 0 Å². The lowest BCUT2D eigenvalue weighted by Gasteiger charge is -2.08. The molecule has 1 atom stereocenters. The number of H-pyrrole nitrogens is 1. The number of aromatic amines is 1. The number of carbonyl (C=O) groups is 2. The molecule has 1 aliphatic rings. The summed E-state index contributed by atoms with van der Waals surface area (Å²) in [5, 5.41) is 12.3. The van der Waals surface area contributed by atoms with Crippen molar-refractivity contribution in [1.82, 2.24) is 20.8 Å². The van der Waals surface area contributed by atoms with Crippen LogP contribution in [-0.4, -0.2) is 41.7 Å². The molecule has 1 aromatic heterocycles. The Bertz CT molecular complexity index is 710. The highest BCUT2D eigenvalue weighted by Crippen LogP contribution is 2.22. The summed E-state index contributed by atoms with van der Waals surface area (Å²) in [5.74, 6) is 0.400. The smallest absolute Gasteiger partial charge is 0.269 e. The van der Waals surface area contributed by atoms with E-state index in [-0.39, 0.29) is 17.9 Å². The molecule has 0 aliphatic carbocycles. The second kappa shape index (κ2) is 5.88. The van der Waals surface area contributed by atoms with Gasteiger partial charge in [0.25, 0.3) is 5.91 Å². The molecule has 2 aromatic rings. The van der Waals surface area contributed by atoms with Gasteiger partial charge in [-0.05, 0) is 18.2 Å². The summed E-state index contributed by atoms with van der Waals surface area (Å²) < 4.78 is 5.17. The van der Waals surface area contributed by atoms with Crippen LogP contribution in [0.4, 0.5) is 0 Å². The Balaban J connectivity index is 1.72. The maximum atomic E-state index is 12.1. The first kappa shape index (κ1) is 14.1. The number of benzene rings is 1. The zero-order valence-electron chi connectivity index (χ0n) is 12.1. The van der Waals surface area contributed by atoms with Crippen LogP contribution in [0.25, 0.3) is 11.3 Å². The van der Waals surface area contributed by atoms with Gasteiger partial charge in [-0.15, -0.1) is 0 Å². The number of hydrogen-bond donors (Lipinski definition) is 3. The van der Waals surface area contributed by atoms with Gasteiger partial charge in [0, 0.05) is 18.5 Å². The van der Waals surface area contributed by atoms with E-state index in [2.05, 4.69) is 20.8 Å². The number of methoxy groups -OCH3 is 1. The molecule has 0 saturated carbocycles. The third-order valence-corrected chi connectivity index (χ3v) is 3.50. The van der Waals surface area contributed by atoms with E-state index in [1.54, 1.807) is 13.2 Å². The van der Waals surface area contributed by atoms with Crippen molar-refractivity contribution in [3.63, 3.8) is 0 Å². The standard InChI is InChI=1S/C15H16N4O3/c1-22-11-4-2-3-9(5-11)12-7-13(19-18-12)15(21)17-10-6-14(20)16-8-10/h2-5,7,10H,6,8H2,1H3,(H,16,20)(H,17,21)(H,18,19). The van der Waals surface area contributed by atoms with Crippen LogP contribution in [0.1, 0.15) is 16.9 Å². The number of carbonyl (C=O) groups excluding carboxylic acids is 2. The summed E-state index contributed by atoms with van der Waals surface area (Å²) in [7, 11) is 1.60. The molecule has 22 heavy (non-hydrogen) atoms. The normalized spacial score (nSPS) is 17.1. The van der Waals surface area contributed by atoms with Crippen molar-refractivity contribution in [2.75, 3.05) is 13.7 Å². The fourth-order valence-corrected chi connectivity index (χ4v) is 2.34. The molecule has 3 rings (SSSR count). The van der Waals surface area contributed by atoms with Crippen LogP contribution in [0.2, 0.25) is 0 Å². The van der Waals surface area contributed by atoms with Crippen molar-refractivity contribution in [3.05, 3.63) is 36.0 Å².